The van der Waals surface area contributed by atoms with Gasteiger partial charge in [0, 0.05) is 12.7 Å². The fourth-order valence-corrected chi connectivity index (χ4v) is 1.26. The van der Waals surface area contributed by atoms with Crippen molar-refractivity contribution in [2.24, 2.45) is 0 Å². The molecule has 0 fully saturated rings. The molecule has 0 radical (unpaired) electrons. The lowest BCUT2D eigenvalue weighted by Gasteiger charge is -2.05. The summed E-state index contributed by atoms with van der Waals surface area (Å²) >= 11 is 3.05. The molecule has 0 bridgehead atoms. The number of carbonyl (C=O) groups excluding carboxylic acids is 1. The van der Waals surface area contributed by atoms with E-state index < -0.39 is 0 Å². The summed E-state index contributed by atoms with van der Waals surface area (Å²) in [6.45, 7) is 0.175. The van der Waals surface area contributed by atoms with E-state index in [-0.39, 0.29) is 18.3 Å². The average Bonchev–Trinajstić information content (AvgIpc) is 2.19. The molecule has 0 heterocycles. The number of benzene rings is 1. The van der Waals surface area contributed by atoms with Gasteiger partial charge in [-0.2, -0.15) is 0 Å². The molecule has 3 nitrogen and oxygen atoms in total. The van der Waals surface area contributed by atoms with Gasteiger partial charge in [0.25, 0.3) is 0 Å². The smallest absolute Gasteiger partial charge is 0.239 e. The Balaban J connectivity index is 2.60. The summed E-state index contributed by atoms with van der Waals surface area (Å²) in [6.07, 6.45) is 0. The van der Waals surface area contributed by atoms with Gasteiger partial charge in [0.1, 0.15) is 5.82 Å². The lowest BCUT2D eigenvalue weighted by atomic mass is 10.3. The van der Waals surface area contributed by atoms with Crippen LogP contribution in [0.1, 0.15) is 0 Å². The van der Waals surface area contributed by atoms with Crippen LogP contribution in [0.25, 0.3) is 0 Å². The Bertz CT molecular complexity index is 344. The van der Waals surface area contributed by atoms with Crippen molar-refractivity contribution in [2.45, 2.75) is 0 Å². The number of rotatable bonds is 3. The van der Waals surface area contributed by atoms with E-state index in [9.17, 15) is 9.18 Å². The zero-order valence-corrected chi connectivity index (χ0v) is 9.19. The van der Waals surface area contributed by atoms with Gasteiger partial charge in [0.15, 0.2) is 0 Å². The van der Waals surface area contributed by atoms with E-state index in [1.54, 1.807) is 19.2 Å². The molecule has 0 unspecified atom stereocenters. The van der Waals surface area contributed by atoms with Gasteiger partial charge in [-0.1, -0.05) is 0 Å². The predicted molar refractivity (Wildman–Crippen MR) is 56.7 cm³/mol. The molecule has 0 saturated heterocycles. The van der Waals surface area contributed by atoms with Crippen LogP contribution in [0.15, 0.2) is 22.7 Å². The summed E-state index contributed by atoms with van der Waals surface area (Å²) < 4.78 is 13.2. The van der Waals surface area contributed by atoms with Gasteiger partial charge in [-0.05, 0) is 34.1 Å². The highest BCUT2D eigenvalue weighted by atomic mass is 79.9. The highest BCUT2D eigenvalue weighted by Crippen LogP contribution is 2.19. The van der Waals surface area contributed by atoms with Gasteiger partial charge in [-0.15, -0.1) is 0 Å². The van der Waals surface area contributed by atoms with Crippen molar-refractivity contribution >= 4 is 27.5 Å². The normalized spacial score (nSPS) is 9.64. The first-order valence-corrected chi connectivity index (χ1v) is 4.82. The molecule has 1 aromatic carbocycles. The van der Waals surface area contributed by atoms with Crippen molar-refractivity contribution in [1.29, 1.82) is 0 Å². The van der Waals surface area contributed by atoms with Crippen LogP contribution in [0, 0.1) is 5.82 Å². The number of amides is 1. The Morgan fingerprint density at radius 1 is 1.57 bits per heavy atom. The molecule has 0 aromatic heterocycles. The van der Waals surface area contributed by atoms with E-state index in [4.69, 9.17) is 0 Å². The third-order valence-corrected chi connectivity index (χ3v) is 2.26. The van der Waals surface area contributed by atoms with Crippen LogP contribution in [0.3, 0.4) is 0 Å². The number of nitrogens with one attached hydrogen (secondary N) is 2. The number of hydrogen-bond donors (Lipinski definition) is 2. The fraction of sp³-hybridized carbons (Fsp3) is 0.222. The van der Waals surface area contributed by atoms with Crippen LogP contribution in [-0.4, -0.2) is 19.5 Å². The second-order valence-corrected chi connectivity index (χ2v) is 3.51. The molecule has 1 aromatic rings. The molecule has 76 valence electrons. The molecular formula is C9H10BrFN2O. The summed E-state index contributed by atoms with van der Waals surface area (Å²) in [5.74, 6) is -0.444. The van der Waals surface area contributed by atoms with Crippen molar-refractivity contribution in [3.63, 3.8) is 0 Å². The second kappa shape index (κ2) is 4.95. The van der Waals surface area contributed by atoms with Gasteiger partial charge >= 0.3 is 0 Å². The van der Waals surface area contributed by atoms with E-state index in [0.717, 1.165) is 0 Å². The third-order valence-electron chi connectivity index (χ3n) is 1.65. The van der Waals surface area contributed by atoms with E-state index in [1.165, 1.54) is 6.07 Å². The van der Waals surface area contributed by atoms with Crippen molar-refractivity contribution < 1.29 is 9.18 Å². The fourth-order valence-electron chi connectivity index (χ4n) is 0.877. The summed E-state index contributed by atoms with van der Waals surface area (Å²) in [5.41, 5.74) is 0.696. The monoisotopic (exact) mass is 260 g/mol. The predicted octanol–water partition coefficient (Wildman–Crippen LogP) is 1.75. The van der Waals surface area contributed by atoms with Crippen LogP contribution in [-0.2, 0) is 4.79 Å². The van der Waals surface area contributed by atoms with Crippen LogP contribution in [0.5, 0.6) is 0 Å². The zero-order chi connectivity index (χ0) is 10.6. The van der Waals surface area contributed by atoms with E-state index in [1.807, 2.05) is 0 Å². The second-order valence-electron chi connectivity index (χ2n) is 2.66. The molecule has 5 heteroatoms. The molecule has 1 rings (SSSR count). The van der Waals surface area contributed by atoms with Crippen LogP contribution >= 0.6 is 15.9 Å². The highest BCUT2D eigenvalue weighted by molar-refractivity contribution is 9.10. The molecular weight excluding hydrogens is 251 g/mol. The van der Waals surface area contributed by atoms with Crippen LogP contribution in [0.2, 0.25) is 0 Å². The van der Waals surface area contributed by atoms with Crippen LogP contribution in [0.4, 0.5) is 10.1 Å². The maximum absolute atomic E-state index is 12.8. The van der Waals surface area contributed by atoms with Gasteiger partial charge < -0.3 is 10.6 Å². The first-order valence-electron chi connectivity index (χ1n) is 4.03. The average molecular weight is 261 g/mol. The zero-order valence-electron chi connectivity index (χ0n) is 7.60. The van der Waals surface area contributed by atoms with E-state index in [2.05, 4.69) is 26.6 Å². The highest BCUT2D eigenvalue weighted by Gasteiger charge is 2.01. The van der Waals surface area contributed by atoms with Crippen molar-refractivity contribution in [1.82, 2.24) is 5.32 Å². The maximum Gasteiger partial charge on any atom is 0.239 e. The largest absolute Gasteiger partial charge is 0.376 e. The summed E-state index contributed by atoms with van der Waals surface area (Å²) in [5, 5.41) is 5.33. The number of likely N-dealkylation sites (N-methyl/N-ethyl adjacent to an activating group) is 1. The van der Waals surface area contributed by atoms with Gasteiger partial charge in [0.2, 0.25) is 5.91 Å². The number of anilines is 1. The number of hydrogen-bond acceptors (Lipinski definition) is 2. The van der Waals surface area contributed by atoms with Crippen molar-refractivity contribution in [3.8, 4) is 0 Å². The molecule has 2 N–H and O–H groups in total. The molecule has 0 aliphatic rings. The summed E-state index contributed by atoms with van der Waals surface area (Å²) in [4.78, 5) is 10.9. The quantitative estimate of drug-likeness (QED) is 0.870. The number of carbonyl (C=O) groups is 1. The molecule has 14 heavy (non-hydrogen) atoms. The first-order chi connectivity index (χ1) is 6.63. The Labute approximate surface area is 89.8 Å². The van der Waals surface area contributed by atoms with Gasteiger partial charge in [-0.25, -0.2) is 4.39 Å². The Kier molecular flexibility index (Phi) is 3.88. The maximum atomic E-state index is 12.8. The molecule has 1 amide bonds. The van der Waals surface area contributed by atoms with Gasteiger partial charge in [0.05, 0.1) is 11.0 Å². The minimum atomic E-state index is -0.324. The SMILES string of the molecule is CNC(=O)CNc1ccc(F)c(Br)c1. The topological polar surface area (TPSA) is 41.1 Å². The van der Waals surface area contributed by atoms with Crippen molar-refractivity contribution in [3.05, 3.63) is 28.5 Å². The summed E-state index contributed by atoms with van der Waals surface area (Å²) in [7, 11) is 1.56. The lowest BCUT2D eigenvalue weighted by molar-refractivity contribution is -0.118. The molecule has 0 aliphatic carbocycles. The molecule has 0 atom stereocenters. The minimum absolute atomic E-state index is 0.120. The Morgan fingerprint density at radius 3 is 2.86 bits per heavy atom. The Hall–Kier alpha value is -1.10. The first kappa shape index (κ1) is 11.0. The van der Waals surface area contributed by atoms with Gasteiger partial charge in [-0.3, -0.25) is 4.79 Å². The van der Waals surface area contributed by atoms with E-state index in [0.29, 0.717) is 10.2 Å². The van der Waals surface area contributed by atoms with Crippen molar-refractivity contribution in [2.75, 3.05) is 18.9 Å². The molecule has 0 spiro atoms. The lowest BCUT2D eigenvalue weighted by Crippen LogP contribution is -2.26. The van der Waals surface area contributed by atoms with Crippen LogP contribution < -0.4 is 10.6 Å². The Morgan fingerprint density at radius 2 is 2.29 bits per heavy atom. The minimum Gasteiger partial charge on any atom is -0.376 e. The number of halogens is 2. The van der Waals surface area contributed by atoms with E-state index >= 15 is 0 Å². The summed E-state index contributed by atoms with van der Waals surface area (Å²) in [6, 6.07) is 4.48. The standard InChI is InChI=1S/C9H10BrFN2O/c1-12-9(14)5-13-6-2-3-8(11)7(10)4-6/h2-4,13H,5H2,1H3,(H,12,14). The molecule has 0 saturated carbocycles. The third kappa shape index (κ3) is 2.99. The molecule has 0 aliphatic heterocycles.